The Labute approximate surface area is 130 Å². The Morgan fingerprint density at radius 2 is 1.77 bits per heavy atom. The van der Waals surface area contributed by atoms with Crippen LogP contribution in [0.2, 0.25) is 0 Å². The Bertz CT molecular complexity index is 636. The Balaban J connectivity index is 1.78. The smallest absolute Gasteiger partial charge is 0.274 e. The Morgan fingerprint density at radius 1 is 1.05 bits per heavy atom. The van der Waals surface area contributed by atoms with Crippen molar-refractivity contribution in [3.05, 3.63) is 54.4 Å². The third-order valence-corrected chi connectivity index (χ3v) is 3.89. The summed E-state index contributed by atoms with van der Waals surface area (Å²) >= 11 is 0. The Kier molecular flexibility index (Phi) is 4.34. The number of aromatic nitrogens is 1. The first kappa shape index (κ1) is 14.5. The number of para-hydroxylation sites is 2. The van der Waals surface area contributed by atoms with Crippen molar-refractivity contribution in [1.29, 1.82) is 0 Å². The van der Waals surface area contributed by atoms with Gasteiger partial charge in [0, 0.05) is 32.4 Å². The number of hydrogen-bond donors (Lipinski definition) is 1. The minimum Gasteiger partial charge on any atom is -0.367 e. The van der Waals surface area contributed by atoms with E-state index < -0.39 is 0 Å². The molecule has 2 aromatic rings. The second-order valence-electron chi connectivity index (χ2n) is 5.48. The molecule has 0 radical (unpaired) electrons. The monoisotopic (exact) mass is 296 g/mol. The first-order valence-electron chi connectivity index (χ1n) is 7.49. The van der Waals surface area contributed by atoms with Crippen molar-refractivity contribution >= 4 is 17.3 Å². The van der Waals surface area contributed by atoms with Crippen LogP contribution in [0.4, 0.5) is 11.4 Å². The fourth-order valence-electron chi connectivity index (χ4n) is 2.59. The molecule has 1 amide bonds. The molecule has 114 valence electrons. The van der Waals surface area contributed by atoms with Gasteiger partial charge in [-0.3, -0.25) is 9.78 Å². The topological polar surface area (TPSA) is 48.5 Å². The highest BCUT2D eigenvalue weighted by Gasteiger charge is 2.18. The van der Waals surface area contributed by atoms with Gasteiger partial charge in [-0.25, -0.2) is 0 Å². The van der Waals surface area contributed by atoms with Crippen molar-refractivity contribution < 1.29 is 4.79 Å². The number of carbonyl (C=O) groups is 1. The van der Waals surface area contributed by atoms with Crippen molar-refractivity contribution in [2.45, 2.75) is 0 Å². The van der Waals surface area contributed by atoms with Gasteiger partial charge in [-0.15, -0.1) is 0 Å². The van der Waals surface area contributed by atoms with Gasteiger partial charge in [0.2, 0.25) is 0 Å². The van der Waals surface area contributed by atoms with Gasteiger partial charge >= 0.3 is 0 Å². The normalized spacial score (nSPS) is 15.6. The fraction of sp³-hybridized carbons (Fsp3) is 0.294. The lowest BCUT2D eigenvalue weighted by molar-refractivity contribution is 0.102. The second kappa shape index (κ2) is 6.58. The van der Waals surface area contributed by atoms with Crippen molar-refractivity contribution in [2.24, 2.45) is 0 Å². The molecule has 0 saturated carbocycles. The number of hydrogen-bond acceptors (Lipinski definition) is 4. The summed E-state index contributed by atoms with van der Waals surface area (Å²) in [4.78, 5) is 21.0. The molecule has 0 bridgehead atoms. The molecule has 0 atom stereocenters. The summed E-state index contributed by atoms with van der Waals surface area (Å²) in [6, 6.07) is 13.3. The molecule has 1 aliphatic rings. The van der Waals surface area contributed by atoms with E-state index in [2.05, 4.69) is 33.2 Å². The van der Waals surface area contributed by atoms with Gasteiger partial charge < -0.3 is 15.1 Å². The summed E-state index contributed by atoms with van der Waals surface area (Å²) in [5.41, 5.74) is 2.33. The molecule has 5 nitrogen and oxygen atoms in total. The predicted octanol–water partition coefficient (Wildman–Crippen LogP) is 2.09. The quantitative estimate of drug-likeness (QED) is 0.942. The molecule has 1 aromatic carbocycles. The number of rotatable bonds is 3. The molecule has 0 aliphatic carbocycles. The highest BCUT2D eigenvalue weighted by Crippen LogP contribution is 2.26. The zero-order valence-electron chi connectivity index (χ0n) is 12.7. The van der Waals surface area contributed by atoms with Crippen LogP contribution in [0.3, 0.4) is 0 Å². The lowest BCUT2D eigenvalue weighted by atomic mass is 10.2. The van der Waals surface area contributed by atoms with Crippen LogP contribution in [0.15, 0.2) is 48.7 Å². The van der Waals surface area contributed by atoms with Crippen molar-refractivity contribution in [1.82, 2.24) is 9.88 Å². The lowest BCUT2D eigenvalue weighted by Gasteiger charge is -2.35. The van der Waals surface area contributed by atoms with Crippen molar-refractivity contribution in [3.8, 4) is 0 Å². The van der Waals surface area contributed by atoms with Crippen LogP contribution >= 0.6 is 0 Å². The highest BCUT2D eigenvalue weighted by atomic mass is 16.1. The number of benzene rings is 1. The van der Waals surface area contributed by atoms with Crippen LogP contribution < -0.4 is 10.2 Å². The molecular weight excluding hydrogens is 276 g/mol. The molecule has 0 unspecified atom stereocenters. The third-order valence-electron chi connectivity index (χ3n) is 3.89. The number of pyridine rings is 1. The molecule has 1 N–H and O–H groups in total. The summed E-state index contributed by atoms with van der Waals surface area (Å²) < 4.78 is 0. The van der Waals surface area contributed by atoms with Crippen molar-refractivity contribution in [2.75, 3.05) is 43.4 Å². The summed E-state index contributed by atoms with van der Waals surface area (Å²) in [6.45, 7) is 3.99. The number of nitrogens with zero attached hydrogens (tertiary/aromatic N) is 3. The van der Waals surface area contributed by atoms with Gasteiger partial charge in [-0.1, -0.05) is 18.2 Å². The van der Waals surface area contributed by atoms with Gasteiger partial charge in [-0.05, 0) is 31.3 Å². The van der Waals surface area contributed by atoms with E-state index in [1.54, 1.807) is 18.3 Å². The summed E-state index contributed by atoms with van der Waals surface area (Å²) in [7, 11) is 2.13. The highest BCUT2D eigenvalue weighted by molar-refractivity contribution is 6.04. The largest absolute Gasteiger partial charge is 0.367 e. The zero-order chi connectivity index (χ0) is 15.4. The van der Waals surface area contributed by atoms with E-state index in [1.165, 1.54) is 0 Å². The minimum absolute atomic E-state index is 0.179. The van der Waals surface area contributed by atoms with Gasteiger partial charge in [0.25, 0.3) is 5.91 Å². The number of nitrogens with one attached hydrogen (secondary N) is 1. The van der Waals surface area contributed by atoms with Gasteiger partial charge in [0.05, 0.1) is 11.4 Å². The summed E-state index contributed by atoms with van der Waals surface area (Å²) in [5.74, 6) is -0.179. The van der Waals surface area contributed by atoms with Crippen LogP contribution in [0, 0.1) is 0 Å². The Hall–Kier alpha value is -2.40. The number of piperazine rings is 1. The van der Waals surface area contributed by atoms with Gasteiger partial charge in [-0.2, -0.15) is 0 Å². The van der Waals surface area contributed by atoms with Gasteiger partial charge in [0.1, 0.15) is 5.69 Å². The summed E-state index contributed by atoms with van der Waals surface area (Å²) in [6.07, 6.45) is 1.63. The molecule has 1 fully saturated rings. The standard InChI is InChI=1S/C17H20N4O/c1-20-10-12-21(13-11-20)16-8-3-2-6-14(16)19-17(22)15-7-4-5-9-18-15/h2-9H,10-13H2,1H3,(H,19,22). The van der Waals surface area contributed by atoms with Crippen LogP contribution in [-0.4, -0.2) is 49.0 Å². The van der Waals surface area contributed by atoms with E-state index in [-0.39, 0.29) is 5.91 Å². The third kappa shape index (κ3) is 3.26. The minimum atomic E-state index is -0.179. The van der Waals surface area contributed by atoms with E-state index >= 15 is 0 Å². The molecule has 0 spiro atoms. The second-order valence-corrected chi connectivity index (χ2v) is 5.48. The molecule has 3 rings (SSSR count). The molecule has 5 heteroatoms. The molecule has 1 aliphatic heterocycles. The van der Waals surface area contributed by atoms with E-state index in [4.69, 9.17) is 0 Å². The molecular formula is C17H20N4O. The molecule has 22 heavy (non-hydrogen) atoms. The zero-order valence-corrected chi connectivity index (χ0v) is 12.7. The van der Waals surface area contributed by atoms with E-state index in [1.807, 2.05) is 24.3 Å². The van der Waals surface area contributed by atoms with Crippen LogP contribution in [0.25, 0.3) is 0 Å². The van der Waals surface area contributed by atoms with Gasteiger partial charge in [0.15, 0.2) is 0 Å². The fourth-order valence-corrected chi connectivity index (χ4v) is 2.59. The van der Waals surface area contributed by atoms with Crippen LogP contribution in [-0.2, 0) is 0 Å². The molecule has 1 aromatic heterocycles. The average molecular weight is 296 g/mol. The van der Waals surface area contributed by atoms with E-state index in [0.29, 0.717) is 5.69 Å². The number of likely N-dealkylation sites (N-methyl/N-ethyl adjacent to an activating group) is 1. The van der Waals surface area contributed by atoms with E-state index in [0.717, 1.165) is 37.6 Å². The van der Waals surface area contributed by atoms with Crippen LogP contribution in [0.1, 0.15) is 10.5 Å². The number of carbonyl (C=O) groups excluding carboxylic acids is 1. The maximum atomic E-state index is 12.3. The molecule has 2 heterocycles. The number of anilines is 2. The molecule has 1 saturated heterocycles. The summed E-state index contributed by atoms with van der Waals surface area (Å²) in [5, 5.41) is 2.98. The lowest BCUT2D eigenvalue weighted by Crippen LogP contribution is -2.44. The number of amides is 1. The maximum Gasteiger partial charge on any atom is 0.274 e. The SMILES string of the molecule is CN1CCN(c2ccccc2NC(=O)c2ccccn2)CC1. The first-order valence-corrected chi connectivity index (χ1v) is 7.49. The maximum absolute atomic E-state index is 12.3. The Morgan fingerprint density at radius 3 is 2.50 bits per heavy atom. The first-order chi connectivity index (χ1) is 10.7. The van der Waals surface area contributed by atoms with Crippen LogP contribution in [0.5, 0.6) is 0 Å². The van der Waals surface area contributed by atoms with E-state index in [9.17, 15) is 4.79 Å². The average Bonchev–Trinajstić information content (AvgIpc) is 2.57. The van der Waals surface area contributed by atoms with Crippen molar-refractivity contribution in [3.63, 3.8) is 0 Å². The predicted molar refractivity (Wildman–Crippen MR) is 88.3 cm³/mol.